The number of Topliss-reactive ketones (excluding diaryl/α,β-unsaturated/α-hetero) is 1. The van der Waals surface area contributed by atoms with E-state index in [9.17, 15) is 9.59 Å². The summed E-state index contributed by atoms with van der Waals surface area (Å²) in [6, 6.07) is 3.06. The van der Waals surface area contributed by atoms with Gasteiger partial charge in [-0.1, -0.05) is 11.6 Å². The summed E-state index contributed by atoms with van der Waals surface area (Å²) >= 11 is 6.18. The van der Waals surface area contributed by atoms with Crippen molar-refractivity contribution >= 4 is 34.3 Å². The first kappa shape index (κ1) is 14.4. The average molecular weight is 297 g/mol. The molecule has 20 heavy (non-hydrogen) atoms. The molecular weight excluding hydrogens is 284 g/mol. The zero-order valence-corrected chi connectivity index (χ0v) is 12.0. The van der Waals surface area contributed by atoms with Crippen molar-refractivity contribution in [2.45, 2.75) is 13.8 Å². The number of esters is 1. The van der Waals surface area contributed by atoms with Crippen LogP contribution in [0.3, 0.4) is 0 Å². The number of methoxy groups -OCH3 is 1. The summed E-state index contributed by atoms with van der Waals surface area (Å²) in [5.41, 5.74) is 0.477. The van der Waals surface area contributed by atoms with Crippen molar-refractivity contribution in [3.8, 4) is 5.75 Å². The van der Waals surface area contributed by atoms with E-state index in [1.54, 1.807) is 19.9 Å². The van der Waals surface area contributed by atoms with Crippen LogP contribution < -0.4 is 4.74 Å². The molecule has 0 saturated heterocycles. The molecule has 2 aromatic rings. The van der Waals surface area contributed by atoms with Crippen LogP contribution >= 0.6 is 11.6 Å². The standard InChI is InChI=1S/C14H13ClO5/c1-4-19-14(17)12(16)8-6-10(18-3)13-9(11(8)15)5-7(2)20-13/h5-6H,4H2,1-3H3. The lowest BCUT2D eigenvalue weighted by Crippen LogP contribution is -2.18. The minimum absolute atomic E-state index is 0.0373. The number of ether oxygens (including phenoxy) is 2. The van der Waals surface area contributed by atoms with Gasteiger partial charge in [0.05, 0.1) is 24.3 Å². The molecule has 6 heteroatoms. The summed E-state index contributed by atoms with van der Waals surface area (Å²) in [7, 11) is 1.44. The summed E-state index contributed by atoms with van der Waals surface area (Å²) in [6.45, 7) is 3.49. The Morgan fingerprint density at radius 2 is 2.05 bits per heavy atom. The Kier molecular flexibility index (Phi) is 3.99. The van der Waals surface area contributed by atoms with E-state index < -0.39 is 11.8 Å². The zero-order valence-electron chi connectivity index (χ0n) is 11.3. The molecule has 0 bridgehead atoms. The number of rotatable bonds is 4. The summed E-state index contributed by atoms with van der Waals surface area (Å²) in [5.74, 6) is -0.794. The first-order valence-electron chi connectivity index (χ1n) is 5.97. The van der Waals surface area contributed by atoms with Gasteiger partial charge in [0.25, 0.3) is 5.78 Å². The van der Waals surface area contributed by atoms with Crippen LogP contribution in [-0.4, -0.2) is 25.5 Å². The molecule has 0 atom stereocenters. The van der Waals surface area contributed by atoms with Gasteiger partial charge in [0.2, 0.25) is 0 Å². The number of aryl methyl sites for hydroxylation is 1. The predicted octanol–water partition coefficient (Wildman–Crippen LogP) is 3.15. The maximum Gasteiger partial charge on any atom is 0.379 e. The van der Waals surface area contributed by atoms with Crippen LogP contribution in [0, 0.1) is 6.92 Å². The molecule has 0 aliphatic rings. The Morgan fingerprint density at radius 3 is 2.65 bits per heavy atom. The van der Waals surface area contributed by atoms with E-state index in [1.165, 1.54) is 13.2 Å². The molecule has 0 aliphatic heterocycles. The van der Waals surface area contributed by atoms with Crippen LogP contribution in [0.5, 0.6) is 5.75 Å². The lowest BCUT2D eigenvalue weighted by molar-refractivity contribution is -0.137. The van der Waals surface area contributed by atoms with E-state index in [-0.39, 0.29) is 17.2 Å². The van der Waals surface area contributed by atoms with Crippen LogP contribution in [0.4, 0.5) is 0 Å². The van der Waals surface area contributed by atoms with Gasteiger partial charge in [0, 0.05) is 5.39 Å². The van der Waals surface area contributed by atoms with Gasteiger partial charge in [0.1, 0.15) is 5.76 Å². The topological polar surface area (TPSA) is 65.7 Å². The van der Waals surface area contributed by atoms with E-state index in [2.05, 4.69) is 0 Å². The Balaban J connectivity index is 2.62. The van der Waals surface area contributed by atoms with E-state index in [0.29, 0.717) is 22.5 Å². The van der Waals surface area contributed by atoms with Gasteiger partial charge in [-0.25, -0.2) is 4.79 Å². The normalized spacial score (nSPS) is 10.6. The van der Waals surface area contributed by atoms with Crippen molar-refractivity contribution < 1.29 is 23.5 Å². The van der Waals surface area contributed by atoms with Gasteiger partial charge in [-0.15, -0.1) is 0 Å². The minimum atomic E-state index is -0.948. The van der Waals surface area contributed by atoms with Crippen molar-refractivity contribution in [1.82, 2.24) is 0 Å². The summed E-state index contributed by atoms with van der Waals surface area (Å²) in [6.07, 6.45) is 0. The van der Waals surface area contributed by atoms with Gasteiger partial charge in [0.15, 0.2) is 11.3 Å². The molecule has 106 valence electrons. The number of fused-ring (bicyclic) bond motifs is 1. The number of carbonyl (C=O) groups excluding carboxylic acids is 2. The van der Waals surface area contributed by atoms with Gasteiger partial charge in [-0.3, -0.25) is 4.79 Å². The van der Waals surface area contributed by atoms with Crippen molar-refractivity contribution in [2.75, 3.05) is 13.7 Å². The van der Waals surface area contributed by atoms with Crippen LogP contribution in [0.15, 0.2) is 16.5 Å². The molecule has 1 aromatic heterocycles. The van der Waals surface area contributed by atoms with Crippen LogP contribution in [0.25, 0.3) is 11.0 Å². The molecule has 0 N–H and O–H groups in total. The van der Waals surface area contributed by atoms with Crippen molar-refractivity contribution in [1.29, 1.82) is 0 Å². The quantitative estimate of drug-likeness (QED) is 0.492. The van der Waals surface area contributed by atoms with Gasteiger partial charge in [-0.05, 0) is 26.0 Å². The molecule has 0 radical (unpaired) electrons. The number of carbonyl (C=O) groups is 2. The second-order valence-electron chi connectivity index (χ2n) is 4.09. The van der Waals surface area contributed by atoms with E-state index in [0.717, 1.165) is 0 Å². The molecule has 0 saturated carbocycles. The van der Waals surface area contributed by atoms with Gasteiger partial charge in [-0.2, -0.15) is 0 Å². The summed E-state index contributed by atoms with van der Waals surface area (Å²) in [5, 5.41) is 0.673. The number of halogens is 1. The Morgan fingerprint density at radius 1 is 1.35 bits per heavy atom. The molecule has 5 nitrogen and oxygen atoms in total. The SMILES string of the molecule is CCOC(=O)C(=O)c1cc(OC)c2oc(C)cc2c1Cl. The molecule has 1 aromatic carbocycles. The number of ketones is 1. The second-order valence-corrected chi connectivity index (χ2v) is 4.47. The van der Waals surface area contributed by atoms with Crippen molar-refractivity contribution in [3.63, 3.8) is 0 Å². The van der Waals surface area contributed by atoms with Gasteiger partial charge >= 0.3 is 5.97 Å². The first-order chi connectivity index (χ1) is 9.49. The van der Waals surface area contributed by atoms with Crippen LogP contribution in [-0.2, 0) is 9.53 Å². The molecule has 1 heterocycles. The smallest absolute Gasteiger partial charge is 0.379 e. The maximum absolute atomic E-state index is 12.0. The maximum atomic E-state index is 12.0. The largest absolute Gasteiger partial charge is 0.493 e. The van der Waals surface area contributed by atoms with E-state index in [4.69, 9.17) is 25.5 Å². The van der Waals surface area contributed by atoms with Crippen LogP contribution in [0.1, 0.15) is 23.0 Å². The van der Waals surface area contributed by atoms with Crippen LogP contribution in [0.2, 0.25) is 5.02 Å². The average Bonchev–Trinajstić information content (AvgIpc) is 2.81. The molecule has 2 rings (SSSR count). The number of furan rings is 1. The minimum Gasteiger partial charge on any atom is -0.493 e. The Hall–Kier alpha value is -2.01. The second kappa shape index (κ2) is 5.54. The lowest BCUT2D eigenvalue weighted by atomic mass is 10.1. The Labute approximate surface area is 120 Å². The molecule has 0 aliphatic carbocycles. The first-order valence-corrected chi connectivity index (χ1v) is 6.35. The number of benzene rings is 1. The predicted molar refractivity (Wildman–Crippen MR) is 73.5 cm³/mol. The van der Waals surface area contributed by atoms with Crippen molar-refractivity contribution in [2.24, 2.45) is 0 Å². The summed E-state index contributed by atoms with van der Waals surface area (Å²) < 4.78 is 15.3. The molecule has 0 fully saturated rings. The third-order valence-corrected chi connectivity index (χ3v) is 3.16. The zero-order chi connectivity index (χ0) is 14.9. The fourth-order valence-electron chi connectivity index (χ4n) is 1.89. The van der Waals surface area contributed by atoms with Crippen molar-refractivity contribution in [3.05, 3.63) is 28.5 Å². The third kappa shape index (κ3) is 2.36. The van der Waals surface area contributed by atoms with Gasteiger partial charge < -0.3 is 13.9 Å². The third-order valence-electron chi connectivity index (χ3n) is 2.75. The molecule has 0 spiro atoms. The fraction of sp³-hybridized carbons (Fsp3) is 0.286. The Bertz CT molecular complexity index is 686. The molecule has 0 amide bonds. The van der Waals surface area contributed by atoms with E-state index in [1.807, 2.05) is 0 Å². The lowest BCUT2D eigenvalue weighted by Gasteiger charge is -2.07. The van der Waals surface area contributed by atoms with E-state index >= 15 is 0 Å². The highest BCUT2D eigenvalue weighted by atomic mass is 35.5. The molecular formula is C14H13ClO5. The number of hydrogen-bond donors (Lipinski definition) is 0. The highest BCUT2D eigenvalue weighted by Crippen LogP contribution is 2.37. The number of hydrogen-bond acceptors (Lipinski definition) is 5. The fourth-order valence-corrected chi connectivity index (χ4v) is 2.17. The molecule has 0 unspecified atom stereocenters. The monoisotopic (exact) mass is 296 g/mol. The summed E-state index contributed by atoms with van der Waals surface area (Å²) in [4.78, 5) is 23.6. The highest BCUT2D eigenvalue weighted by molar-refractivity contribution is 6.47. The highest BCUT2D eigenvalue weighted by Gasteiger charge is 2.25.